The Bertz CT molecular complexity index is 974. The Morgan fingerprint density at radius 2 is 1.81 bits per heavy atom. The standard InChI is InChI=1S/C16H17N3O6S2/c1-26(23)14-7-5-12(6-8-14)16(20)17-9-10-18-27(24,25)15-4-2-3-13(11-15)19(21)22/h2-8,11,18H,9-10H2,1H3,(H,17,20). The molecule has 0 heterocycles. The van der Waals surface area contributed by atoms with E-state index in [2.05, 4.69) is 10.0 Å². The quantitative estimate of drug-likeness (QED) is 0.378. The normalized spacial score (nSPS) is 12.3. The second kappa shape index (κ2) is 8.84. The van der Waals surface area contributed by atoms with E-state index in [9.17, 15) is 27.5 Å². The fraction of sp³-hybridized carbons (Fsp3) is 0.188. The highest BCUT2D eigenvalue weighted by Crippen LogP contribution is 2.16. The van der Waals surface area contributed by atoms with Gasteiger partial charge in [-0.15, -0.1) is 0 Å². The van der Waals surface area contributed by atoms with Gasteiger partial charge in [-0.2, -0.15) is 0 Å². The van der Waals surface area contributed by atoms with Crippen molar-refractivity contribution in [3.8, 4) is 0 Å². The largest absolute Gasteiger partial charge is 0.351 e. The first-order valence-corrected chi connectivity index (χ1v) is 10.7. The average Bonchev–Trinajstić information content (AvgIpc) is 2.65. The second-order valence-corrected chi connectivity index (χ2v) is 8.53. The van der Waals surface area contributed by atoms with Gasteiger partial charge in [-0.3, -0.25) is 19.1 Å². The number of non-ortho nitro benzene ring substituents is 1. The van der Waals surface area contributed by atoms with Crippen molar-refractivity contribution in [3.05, 3.63) is 64.2 Å². The second-order valence-electron chi connectivity index (χ2n) is 5.39. The fourth-order valence-corrected chi connectivity index (χ4v) is 3.70. The SMILES string of the molecule is CS(=O)c1ccc(C(=O)NCCNS(=O)(=O)c2cccc([N+](=O)[O-])c2)cc1. The van der Waals surface area contributed by atoms with Gasteiger partial charge in [0.05, 0.1) is 9.82 Å². The van der Waals surface area contributed by atoms with Crippen LogP contribution in [0.15, 0.2) is 58.3 Å². The third-order valence-corrected chi connectivity index (χ3v) is 5.88. The molecule has 0 radical (unpaired) electrons. The number of nitro groups is 1. The molecule has 0 aliphatic heterocycles. The Labute approximate surface area is 158 Å². The lowest BCUT2D eigenvalue weighted by molar-refractivity contribution is -0.385. The summed E-state index contributed by atoms with van der Waals surface area (Å²) in [6.07, 6.45) is 1.53. The minimum absolute atomic E-state index is 0.0223. The van der Waals surface area contributed by atoms with Crippen LogP contribution >= 0.6 is 0 Å². The van der Waals surface area contributed by atoms with Crippen LogP contribution < -0.4 is 10.0 Å². The first-order chi connectivity index (χ1) is 12.7. The van der Waals surface area contributed by atoms with Crippen molar-refractivity contribution in [1.29, 1.82) is 0 Å². The van der Waals surface area contributed by atoms with Crippen molar-refractivity contribution in [2.24, 2.45) is 0 Å². The van der Waals surface area contributed by atoms with E-state index in [1.807, 2.05) is 0 Å². The Kier molecular flexibility index (Phi) is 6.77. The Balaban J connectivity index is 1.90. The molecular weight excluding hydrogens is 394 g/mol. The number of sulfonamides is 1. The lowest BCUT2D eigenvalue weighted by Crippen LogP contribution is -2.34. The summed E-state index contributed by atoms with van der Waals surface area (Å²) < 4.78 is 37.9. The molecule has 0 fully saturated rings. The molecule has 9 nitrogen and oxygen atoms in total. The van der Waals surface area contributed by atoms with Gasteiger partial charge in [-0.1, -0.05) is 6.07 Å². The van der Waals surface area contributed by atoms with Crippen LogP contribution in [0, 0.1) is 10.1 Å². The molecule has 0 spiro atoms. The number of amides is 1. The zero-order valence-corrected chi connectivity index (χ0v) is 15.9. The van der Waals surface area contributed by atoms with Crippen LogP contribution in [-0.2, 0) is 20.8 Å². The zero-order chi connectivity index (χ0) is 20.0. The van der Waals surface area contributed by atoms with Gasteiger partial charge in [0.2, 0.25) is 10.0 Å². The van der Waals surface area contributed by atoms with Crippen LogP contribution in [0.25, 0.3) is 0 Å². The van der Waals surface area contributed by atoms with Crippen molar-refractivity contribution in [2.75, 3.05) is 19.3 Å². The molecule has 0 saturated carbocycles. The van der Waals surface area contributed by atoms with Crippen molar-refractivity contribution in [2.45, 2.75) is 9.79 Å². The fourth-order valence-electron chi connectivity index (χ4n) is 2.11. The summed E-state index contributed by atoms with van der Waals surface area (Å²) in [5.74, 6) is -0.405. The molecule has 2 N–H and O–H groups in total. The molecule has 27 heavy (non-hydrogen) atoms. The summed E-state index contributed by atoms with van der Waals surface area (Å²) in [6.45, 7) is -0.0672. The van der Waals surface area contributed by atoms with E-state index >= 15 is 0 Å². The topological polar surface area (TPSA) is 135 Å². The highest BCUT2D eigenvalue weighted by molar-refractivity contribution is 7.89. The monoisotopic (exact) mass is 411 g/mol. The number of nitro benzene ring substituents is 1. The number of benzene rings is 2. The number of hydrogen-bond donors (Lipinski definition) is 2. The van der Waals surface area contributed by atoms with Crippen molar-refractivity contribution >= 4 is 32.4 Å². The average molecular weight is 411 g/mol. The molecule has 0 bridgehead atoms. The van der Waals surface area contributed by atoms with Crippen LogP contribution in [0.3, 0.4) is 0 Å². The summed E-state index contributed by atoms with van der Waals surface area (Å²) >= 11 is 0. The molecule has 1 unspecified atom stereocenters. The van der Waals surface area contributed by atoms with Crippen molar-refractivity contribution < 1.29 is 22.3 Å². The summed E-state index contributed by atoms with van der Waals surface area (Å²) in [5.41, 5.74) is 0.0216. The maximum atomic E-state index is 12.1. The number of rotatable bonds is 8. The van der Waals surface area contributed by atoms with Crippen molar-refractivity contribution in [3.63, 3.8) is 0 Å². The van der Waals surface area contributed by atoms with Gasteiger partial charge in [0.1, 0.15) is 0 Å². The van der Waals surface area contributed by atoms with Gasteiger partial charge in [0.15, 0.2) is 0 Å². The molecule has 1 amide bonds. The zero-order valence-electron chi connectivity index (χ0n) is 14.2. The summed E-state index contributed by atoms with van der Waals surface area (Å²) in [5, 5.41) is 13.3. The highest BCUT2D eigenvalue weighted by atomic mass is 32.2. The number of hydrogen-bond acceptors (Lipinski definition) is 6. The third-order valence-electron chi connectivity index (χ3n) is 3.49. The minimum atomic E-state index is -3.93. The Morgan fingerprint density at radius 3 is 2.41 bits per heavy atom. The lowest BCUT2D eigenvalue weighted by Gasteiger charge is -2.08. The molecule has 11 heteroatoms. The van der Waals surface area contributed by atoms with Gasteiger partial charge >= 0.3 is 0 Å². The number of carbonyl (C=O) groups is 1. The number of carbonyl (C=O) groups excluding carboxylic acids is 1. The van der Waals surface area contributed by atoms with Crippen LogP contribution in [0.4, 0.5) is 5.69 Å². The van der Waals surface area contributed by atoms with E-state index in [1.54, 1.807) is 12.1 Å². The summed E-state index contributed by atoms with van der Waals surface area (Å²) in [6, 6.07) is 10.9. The molecule has 0 aromatic heterocycles. The van der Waals surface area contributed by atoms with Gasteiger partial charge in [-0.05, 0) is 30.3 Å². The summed E-state index contributed by atoms with van der Waals surface area (Å²) in [4.78, 5) is 22.4. The Morgan fingerprint density at radius 1 is 1.15 bits per heavy atom. The maximum Gasteiger partial charge on any atom is 0.270 e. The van der Waals surface area contributed by atoms with Crippen molar-refractivity contribution in [1.82, 2.24) is 10.0 Å². The molecule has 2 rings (SSSR count). The predicted octanol–water partition coefficient (Wildman–Crippen LogP) is 1.04. The maximum absolute atomic E-state index is 12.1. The summed E-state index contributed by atoms with van der Waals surface area (Å²) in [7, 11) is -5.07. The van der Waals surface area contributed by atoms with Crippen LogP contribution in [0.1, 0.15) is 10.4 Å². The van der Waals surface area contributed by atoms with Gasteiger partial charge in [0.25, 0.3) is 11.6 Å². The minimum Gasteiger partial charge on any atom is -0.351 e. The molecule has 144 valence electrons. The molecule has 2 aromatic rings. The van der Waals surface area contributed by atoms with E-state index in [-0.39, 0.29) is 23.7 Å². The van der Waals surface area contributed by atoms with E-state index in [0.29, 0.717) is 10.5 Å². The first kappa shape index (κ1) is 20.7. The Hall–Kier alpha value is -2.63. The predicted molar refractivity (Wildman–Crippen MR) is 99.4 cm³/mol. The molecular formula is C16H17N3O6S2. The number of nitrogens with one attached hydrogen (secondary N) is 2. The van der Waals surface area contributed by atoms with Crippen LogP contribution in [0.5, 0.6) is 0 Å². The highest BCUT2D eigenvalue weighted by Gasteiger charge is 2.17. The van der Waals surface area contributed by atoms with Gasteiger partial charge in [-0.25, -0.2) is 13.1 Å². The van der Waals surface area contributed by atoms with Crippen LogP contribution in [0.2, 0.25) is 0 Å². The molecule has 1 atom stereocenters. The van der Waals surface area contributed by atoms with Gasteiger partial charge < -0.3 is 5.32 Å². The molecule has 0 aliphatic carbocycles. The number of nitrogens with zero attached hydrogens (tertiary/aromatic N) is 1. The molecule has 0 aliphatic rings. The van der Waals surface area contributed by atoms with Crippen LogP contribution in [-0.4, -0.2) is 42.8 Å². The molecule has 2 aromatic carbocycles. The van der Waals surface area contributed by atoms with E-state index in [1.165, 1.54) is 36.6 Å². The molecule has 0 saturated heterocycles. The third kappa shape index (κ3) is 5.67. The first-order valence-electron chi connectivity index (χ1n) is 7.66. The van der Waals surface area contributed by atoms with E-state index in [4.69, 9.17) is 0 Å². The smallest absolute Gasteiger partial charge is 0.270 e. The lowest BCUT2D eigenvalue weighted by atomic mass is 10.2. The van der Waals surface area contributed by atoms with Gasteiger partial charge in [0, 0.05) is 52.7 Å². The van der Waals surface area contributed by atoms with E-state index < -0.39 is 31.7 Å². The van der Waals surface area contributed by atoms with E-state index in [0.717, 1.165) is 6.07 Å².